The maximum atomic E-state index is 13.3. The van der Waals surface area contributed by atoms with Crippen molar-refractivity contribution < 1.29 is 48.2 Å². The fraction of sp³-hybridized carbons (Fsp3) is 0.714. The van der Waals surface area contributed by atoms with Crippen molar-refractivity contribution in [2.45, 2.75) is 126 Å². The van der Waals surface area contributed by atoms with E-state index in [0.717, 1.165) is 12.0 Å². The number of allylic oxidation sites excluding steroid dienone is 3. The Hall–Kier alpha value is -2.27. The molecule has 0 aromatic carbocycles. The SMILES string of the molecule is CO[C@@H]1[C@H](O[C@H]2C[C@@]3(O)CC(=O)O[C@@H](/C=C/C=C/C#CC4C[C@@H]4Cl)C/C(C)=C/[C@@H](OC)[C@@H](C)[C@H](O3)[C@@H]2C)O[C@H](C)[C@H](NC=O)[C@]1(C)O. The van der Waals surface area contributed by atoms with Gasteiger partial charge in [-0.15, -0.1) is 11.6 Å². The van der Waals surface area contributed by atoms with Crippen molar-refractivity contribution in [3.8, 4) is 11.8 Å². The third-order valence-corrected chi connectivity index (χ3v) is 10.1. The number of amides is 1. The molecule has 11 nitrogen and oxygen atoms in total. The van der Waals surface area contributed by atoms with E-state index in [1.807, 2.05) is 26.8 Å². The topological polar surface area (TPSA) is 142 Å². The number of nitrogens with one attached hydrogen (secondary N) is 1. The fourth-order valence-corrected chi connectivity index (χ4v) is 7.17. The van der Waals surface area contributed by atoms with Crippen LogP contribution in [0.2, 0.25) is 0 Å². The van der Waals surface area contributed by atoms with Crippen LogP contribution in [0.5, 0.6) is 0 Å². The van der Waals surface area contributed by atoms with Gasteiger partial charge >= 0.3 is 5.97 Å². The summed E-state index contributed by atoms with van der Waals surface area (Å²) in [6.45, 7) is 9.14. The van der Waals surface area contributed by atoms with Crippen molar-refractivity contribution in [1.29, 1.82) is 0 Å². The number of hydrogen-bond donors (Lipinski definition) is 3. The Bertz CT molecular complexity index is 1260. The minimum absolute atomic E-state index is 0.0755. The number of aliphatic hydroxyl groups is 2. The third kappa shape index (κ3) is 9.25. The summed E-state index contributed by atoms with van der Waals surface area (Å²) in [7, 11) is 3.04. The number of rotatable bonds is 8. The molecule has 3 aliphatic heterocycles. The average molecular weight is 680 g/mol. The van der Waals surface area contributed by atoms with Crippen LogP contribution < -0.4 is 5.32 Å². The van der Waals surface area contributed by atoms with Crippen molar-refractivity contribution in [2.24, 2.45) is 17.8 Å². The molecule has 3 N–H and O–H groups in total. The lowest BCUT2D eigenvalue weighted by molar-refractivity contribution is -0.352. The summed E-state index contributed by atoms with van der Waals surface area (Å²) in [5.74, 6) is 3.19. The van der Waals surface area contributed by atoms with E-state index in [4.69, 9.17) is 40.0 Å². The van der Waals surface area contributed by atoms with Gasteiger partial charge in [-0.05, 0) is 39.3 Å². The van der Waals surface area contributed by atoms with Crippen LogP contribution in [0, 0.1) is 29.6 Å². The summed E-state index contributed by atoms with van der Waals surface area (Å²) >= 11 is 6.00. The van der Waals surface area contributed by atoms with Gasteiger partial charge in [-0.25, -0.2) is 0 Å². The number of alkyl halides is 1. The number of cyclic esters (lactones) is 1. The van der Waals surface area contributed by atoms with Gasteiger partial charge in [0.15, 0.2) is 12.1 Å². The molecule has 0 spiro atoms. The molecule has 12 heteroatoms. The van der Waals surface area contributed by atoms with Gasteiger partial charge in [-0.2, -0.15) is 0 Å². The van der Waals surface area contributed by atoms with E-state index in [2.05, 4.69) is 17.2 Å². The Morgan fingerprint density at radius 2 is 1.87 bits per heavy atom. The molecule has 1 aliphatic carbocycles. The standard InChI is InChI=1S/C35H50ClNO10/c1-20-14-25(13-11-9-8-10-12-24-16-26(24)36)45-29(39)18-35(41)17-28(22(3)30(47-35)21(2)27(15-20)42-6)46-33-32(43-7)34(5,40)31(37-19-38)23(4)44-33/h8-9,11,13,15,19,21-28,30-33,40-41H,14,16-18H2,1-7H3,(H,37,38)/b9-8+,13-11+,20-15+/t21-,22-,23-,24?,25+,26+,27-,28+,30+,31+,32-,33+,34+,35+/m1/s1. The second-order valence-electron chi connectivity index (χ2n) is 13.5. The number of fused-ring (bicyclic) bond motifs is 2. The minimum Gasteiger partial charge on any atom is -0.458 e. The highest BCUT2D eigenvalue weighted by Gasteiger charge is 2.56. The summed E-state index contributed by atoms with van der Waals surface area (Å²) in [4.78, 5) is 24.6. The summed E-state index contributed by atoms with van der Waals surface area (Å²) in [5, 5.41) is 26.0. The number of methoxy groups -OCH3 is 2. The van der Waals surface area contributed by atoms with E-state index in [-0.39, 0.29) is 35.7 Å². The number of ether oxygens (including phenoxy) is 6. The molecule has 1 unspecified atom stereocenters. The number of halogens is 1. The highest BCUT2D eigenvalue weighted by Crippen LogP contribution is 2.42. The molecule has 47 heavy (non-hydrogen) atoms. The van der Waals surface area contributed by atoms with Crippen molar-refractivity contribution in [3.63, 3.8) is 0 Å². The molecule has 2 bridgehead atoms. The predicted octanol–water partition coefficient (Wildman–Crippen LogP) is 3.16. The Morgan fingerprint density at radius 1 is 1.15 bits per heavy atom. The van der Waals surface area contributed by atoms with Crippen molar-refractivity contribution in [2.75, 3.05) is 14.2 Å². The van der Waals surface area contributed by atoms with Crippen molar-refractivity contribution in [1.82, 2.24) is 5.32 Å². The van der Waals surface area contributed by atoms with Gasteiger partial charge in [0, 0.05) is 50.2 Å². The number of carbonyl (C=O) groups is 2. The lowest BCUT2D eigenvalue weighted by Crippen LogP contribution is -2.70. The quantitative estimate of drug-likeness (QED) is 0.0875. The zero-order valence-corrected chi connectivity index (χ0v) is 29.0. The van der Waals surface area contributed by atoms with E-state index in [1.165, 1.54) is 7.11 Å². The van der Waals surface area contributed by atoms with Crippen LogP contribution in [-0.4, -0.2) is 103 Å². The number of hydrogen-bond acceptors (Lipinski definition) is 10. The average Bonchev–Trinajstić information content (AvgIpc) is 3.70. The second kappa shape index (κ2) is 16.0. The minimum atomic E-state index is -1.93. The number of carbonyl (C=O) groups excluding carboxylic acids is 2. The maximum absolute atomic E-state index is 13.3. The van der Waals surface area contributed by atoms with E-state index >= 15 is 0 Å². The van der Waals surface area contributed by atoms with Crippen LogP contribution in [0.3, 0.4) is 0 Å². The first-order chi connectivity index (χ1) is 22.2. The Kier molecular flexibility index (Phi) is 12.8. The van der Waals surface area contributed by atoms with Gasteiger partial charge in [0.1, 0.15) is 17.8 Å². The molecule has 0 aromatic heterocycles. The van der Waals surface area contributed by atoms with E-state index in [9.17, 15) is 19.8 Å². The smallest absolute Gasteiger partial charge is 0.311 e. The molecule has 4 rings (SSSR count). The molecule has 3 heterocycles. The van der Waals surface area contributed by atoms with Gasteiger partial charge in [-0.1, -0.05) is 49.5 Å². The molecule has 2 saturated heterocycles. The van der Waals surface area contributed by atoms with Crippen molar-refractivity contribution >= 4 is 24.0 Å². The first-order valence-electron chi connectivity index (χ1n) is 16.3. The van der Waals surface area contributed by atoms with E-state index in [1.54, 1.807) is 45.3 Å². The van der Waals surface area contributed by atoms with Crippen molar-refractivity contribution in [3.05, 3.63) is 36.0 Å². The van der Waals surface area contributed by atoms with Gasteiger partial charge in [0.25, 0.3) is 0 Å². The largest absolute Gasteiger partial charge is 0.458 e. The van der Waals surface area contributed by atoms with Crippen LogP contribution >= 0.6 is 11.6 Å². The Labute approximate surface area is 283 Å². The van der Waals surface area contributed by atoms with Gasteiger partial charge < -0.3 is 44.0 Å². The van der Waals surface area contributed by atoms with E-state index in [0.29, 0.717) is 12.8 Å². The molecule has 0 radical (unpaired) electrons. The molecular weight excluding hydrogens is 630 g/mol. The zero-order chi connectivity index (χ0) is 34.5. The summed E-state index contributed by atoms with van der Waals surface area (Å²) < 4.78 is 36.4. The van der Waals surface area contributed by atoms with Crippen LogP contribution in [0.1, 0.15) is 60.3 Å². The van der Waals surface area contributed by atoms with Gasteiger partial charge in [0.2, 0.25) is 6.41 Å². The summed E-state index contributed by atoms with van der Waals surface area (Å²) in [6, 6.07) is -0.758. The zero-order valence-electron chi connectivity index (χ0n) is 28.3. The van der Waals surface area contributed by atoms with Crippen LogP contribution in [0.25, 0.3) is 0 Å². The predicted molar refractivity (Wildman–Crippen MR) is 174 cm³/mol. The third-order valence-electron chi connectivity index (χ3n) is 9.64. The van der Waals surface area contributed by atoms with Crippen LogP contribution in [0.15, 0.2) is 36.0 Å². The van der Waals surface area contributed by atoms with Crippen LogP contribution in [-0.2, 0) is 38.0 Å². The lowest BCUT2D eigenvalue weighted by atomic mass is 9.79. The molecule has 0 aromatic rings. The Balaban J connectivity index is 1.58. The monoisotopic (exact) mass is 679 g/mol. The maximum Gasteiger partial charge on any atom is 0.311 e. The fourth-order valence-electron chi connectivity index (χ4n) is 6.92. The Morgan fingerprint density at radius 3 is 2.51 bits per heavy atom. The molecule has 1 amide bonds. The molecule has 3 fully saturated rings. The van der Waals surface area contributed by atoms with Gasteiger partial charge in [0.05, 0.1) is 36.9 Å². The summed E-state index contributed by atoms with van der Waals surface area (Å²) in [5.41, 5.74) is -0.591. The lowest BCUT2D eigenvalue weighted by Gasteiger charge is -2.52. The molecule has 262 valence electrons. The van der Waals surface area contributed by atoms with Gasteiger partial charge in [-0.3, -0.25) is 9.59 Å². The highest BCUT2D eigenvalue weighted by atomic mass is 35.5. The van der Waals surface area contributed by atoms with Crippen LogP contribution in [0.4, 0.5) is 0 Å². The second-order valence-corrected chi connectivity index (χ2v) is 14.1. The molecule has 1 saturated carbocycles. The first kappa shape index (κ1) is 37.5. The normalized spacial score (nSPS) is 45.5. The first-order valence-corrected chi connectivity index (χ1v) is 16.7. The number of esters is 1. The van der Waals surface area contributed by atoms with E-state index < -0.39 is 66.6 Å². The molecule has 4 aliphatic rings. The molecular formula is C35H50ClNO10. The highest BCUT2D eigenvalue weighted by molar-refractivity contribution is 6.22. The summed E-state index contributed by atoms with van der Waals surface area (Å²) in [6.07, 6.45) is 5.45. The molecule has 14 atom stereocenters.